The van der Waals surface area contributed by atoms with Gasteiger partial charge in [-0.2, -0.15) is 5.10 Å². The molecule has 3 N–H and O–H groups in total. The molecule has 0 radical (unpaired) electrons. The Labute approximate surface area is 180 Å². The van der Waals surface area contributed by atoms with Crippen LogP contribution in [-0.2, 0) is 0 Å². The van der Waals surface area contributed by atoms with Crippen LogP contribution in [0.2, 0.25) is 0 Å². The van der Waals surface area contributed by atoms with Gasteiger partial charge in [-0.05, 0) is 49.2 Å². The summed E-state index contributed by atoms with van der Waals surface area (Å²) in [5, 5.41) is 4.01. The standard InChI is InChI=1S/C22H24N6O3/c1-4-31-21-6-5-16(11-25-21)19-12-24-13-20(27-19)22(29)28-26-10-15-7-17(14(2)23)9-18(8-15)30-3/h5-14H,4,23H2,1-3H3,(H,28,29)/b26-10+. The summed E-state index contributed by atoms with van der Waals surface area (Å²) in [6.45, 7) is 4.30. The third kappa shape index (κ3) is 5.83. The Morgan fingerprint density at radius 3 is 2.77 bits per heavy atom. The van der Waals surface area contributed by atoms with Gasteiger partial charge < -0.3 is 15.2 Å². The van der Waals surface area contributed by atoms with Gasteiger partial charge in [-0.1, -0.05) is 0 Å². The Hall–Kier alpha value is -3.85. The van der Waals surface area contributed by atoms with Gasteiger partial charge in [-0.15, -0.1) is 0 Å². The molecule has 9 nitrogen and oxygen atoms in total. The second-order valence-corrected chi connectivity index (χ2v) is 6.63. The zero-order valence-corrected chi connectivity index (χ0v) is 17.6. The van der Waals surface area contributed by atoms with Crippen LogP contribution in [0.15, 0.2) is 54.0 Å². The first kappa shape index (κ1) is 21.8. The van der Waals surface area contributed by atoms with Crippen LogP contribution in [0.5, 0.6) is 11.6 Å². The third-order valence-electron chi connectivity index (χ3n) is 4.28. The summed E-state index contributed by atoms with van der Waals surface area (Å²) in [5.74, 6) is 0.692. The van der Waals surface area contributed by atoms with E-state index in [9.17, 15) is 4.79 Å². The fourth-order valence-corrected chi connectivity index (χ4v) is 2.70. The van der Waals surface area contributed by atoms with Gasteiger partial charge in [0.25, 0.3) is 5.91 Å². The third-order valence-corrected chi connectivity index (χ3v) is 4.28. The van der Waals surface area contributed by atoms with Gasteiger partial charge in [0.2, 0.25) is 5.88 Å². The van der Waals surface area contributed by atoms with Crippen LogP contribution in [0, 0.1) is 0 Å². The van der Waals surface area contributed by atoms with Crippen molar-refractivity contribution in [2.24, 2.45) is 10.8 Å². The average Bonchev–Trinajstić information content (AvgIpc) is 2.79. The van der Waals surface area contributed by atoms with Crippen LogP contribution in [0.3, 0.4) is 0 Å². The zero-order valence-electron chi connectivity index (χ0n) is 17.6. The fraction of sp³-hybridized carbons (Fsp3) is 0.227. The van der Waals surface area contributed by atoms with Crippen molar-refractivity contribution in [3.05, 3.63) is 65.7 Å². The first-order valence-corrected chi connectivity index (χ1v) is 9.69. The number of methoxy groups -OCH3 is 1. The quantitative estimate of drug-likeness (QED) is 0.424. The molecule has 3 aromatic rings. The number of rotatable bonds is 8. The number of ether oxygens (including phenoxy) is 2. The van der Waals surface area contributed by atoms with Crippen LogP contribution >= 0.6 is 0 Å². The number of nitrogens with two attached hydrogens (primary N) is 1. The van der Waals surface area contributed by atoms with Crippen LogP contribution in [0.25, 0.3) is 11.3 Å². The van der Waals surface area contributed by atoms with E-state index in [2.05, 4.69) is 25.5 Å². The summed E-state index contributed by atoms with van der Waals surface area (Å²) in [7, 11) is 1.58. The molecule has 31 heavy (non-hydrogen) atoms. The van der Waals surface area contributed by atoms with E-state index in [1.54, 1.807) is 37.7 Å². The van der Waals surface area contributed by atoms with Gasteiger partial charge in [0, 0.05) is 23.9 Å². The maximum absolute atomic E-state index is 12.4. The molecule has 160 valence electrons. The van der Waals surface area contributed by atoms with E-state index < -0.39 is 5.91 Å². The van der Waals surface area contributed by atoms with Crippen molar-refractivity contribution in [3.8, 4) is 22.9 Å². The number of aromatic nitrogens is 3. The highest BCUT2D eigenvalue weighted by Crippen LogP contribution is 2.20. The van der Waals surface area contributed by atoms with Gasteiger partial charge in [0.05, 0.1) is 38.0 Å². The lowest BCUT2D eigenvalue weighted by Crippen LogP contribution is -2.19. The highest BCUT2D eigenvalue weighted by Gasteiger charge is 2.10. The van der Waals surface area contributed by atoms with Crippen LogP contribution < -0.4 is 20.6 Å². The number of hydrogen-bond acceptors (Lipinski definition) is 8. The Kier molecular flexibility index (Phi) is 7.23. The number of benzene rings is 1. The predicted molar refractivity (Wildman–Crippen MR) is 117 cm³/mol. The van der Waals surface area contributed by atoms with Crippen molar-refractivity contribution in [1.29, 1.82) is 0 Å². The predicted octanol–water partition coefficient (Wildman–Crippen LogP) is 2.73. The van der Waals surface area contributed by atoms with Gasteiger partial charge in [-0.3, -0.25) is 9.78 Å². The molecule has 0 spiro atoms. The molecule has 9 heteroatoms. The highest BCUT2D eigenvalue weighted by molar-refractivity contribution is 5.93. The Bertz CT molecular complexity index is 1070. The largest absolute Gasteiger partial charge is 0.497 e. The number of nitrogens with one attached hydrogen (secondary N) is 1. The molecule has 0 saturated carbocycles. The van der Waals surface area contributed by atoms with E-state index >= 15 is 0 Å². The van der Waals surface area contributed by atoms with E-state index in [0.29, 0.717) is 29.5 Å². The minimum Gasteiger partial charge on any atom is -0.497 e. The maximum Gasteiger partial charge on any atom is 0.291 e. The molecule has 3 rings (SSSR count). The van der Waals surface area contributed by atoms with Crippen molar-refractivity contribution in [3.63, 3.8) is 0 Å². The molecule has 0 fully saturated rings. The van der Waals surface area contributed by atoms with Gasteiger partial charge in [0.1, 0.15) is 11.4 Å². The van der Waals surface area contributed by atoms with Crippen molar-refractivity contribution < 1.29 is 14.3 Å². The summed E-state index contributed by atoms with van der Waals surface area (Å²) >= 11 is 0. The summed E-state index contributed by atoms with van der Waals surface area (Å²) < 4.78 is 10.6. The van der Waals surface area contributed by atoms with Crippen molar-refractivity contribution in [1.82, 2.24) is 20.4 Å². The average molecular weight is 420 g/mol. The number of carbonyl (C=O) groups excluding carboxylic acids is 1. The number of amides is 1. The Morgan fingerprint density at radius 2 is 2.10 bits per heavy atom. The monoisotopic (exact) mass is 420 g/mol. The fourth-order valence-electron chi connectivity index (χ4n) is 2.70. The summed E-state index contributed by atoms with van der Waals surface area (Å²) in [6.07, 6.45) is 6.06. The first-order chi connectivity index (χ1) is 15.0. The molecule has 0 aliphatic carbocycles. The zero-order chi connectivity index (χ0) is 22.2. The molecule has 1 amide bonds. The molecule has 2 aromatic heterocycles. The lowest BCUT2D eigenvalue weighted by atomic mass is 10.1. The number of pyridine rings is 1. The van der Waals surface area contributed by atoms with E-state index in [4.69, 9.17) is 15.2 Å². The number of hydrogen-bond donors (Lipinski definition) is 2. The van der Waals surface area contributed by atoms with E-state index in [1.807, 2.05) is 26.0 Å². The first-order valence-electron chi connectivity index (χ1n) is 9.69. The number of hydrazone groups is 1. The van der Waals surface area contributed by atoms with Crippen molar-refractivity contribution >= 4 is 12.1 Å². The molecule has 1 unspecified atom stereocenters. The number of carbonyl (C=O) groups is 1. The molecule has 0 saturated heterocycles. The molecular formula is C22H24N6O3. The topological polar surface area (TPSA) is 125 Å². The summed E-state index contributed by atoms with van der Waals surface area (Å²) in [6, 6.07) is 8.91. The van der Waals surface area contributed by atoms with Crippen LogP contribution in [-0.4, -0.2) is 40.8 Å². The molecule has 0 aliphatic heterocycles. The molecule has 2 heterocycles. The lowest BCUT2D eigenvalue weighted by Gasteiger charge is -2.09. The van der Waals surface area contributed by atoms with Crippen molar-refractivity contribution in [2.45, 2.75) is 19.9 Å². The van der Waals surface area contributed by atoms with Gasteiger partial charge >= 0.3 is 0 Å². The second-order valence-electron chi connectivity index (χ2n) is 6.63. The maximum atomic E-state index is 12.4. The molecule has 0 aliphatic rings. The smallest absolute Gasteiger partial charge is 0.291 e. The van der Waals surface area contributed by atoms with Crippen molar-refractivity contribution in [2.75, 3.05) is 13.7 Å². The minimum atomic E-state index is -0.486. The lowest BCUT2D eigenvalue weighted by molar-refractivity contribution is 0.0950. The van der Waals surface area contributed by atoms with E-state index in [0.717, 1.165) is 11.1 Å². The molecule has 1 aromatic carbocycles. The normalized spacial score (nSPS) is 11.9. The summed E-state index contributed by atoms with van der Waals surface area (Å²) in [5.41, 5.74) is 11.4. The van der Waals surface area contributed by atoms with E-state index in [-0.39, 0.29) is 11.7 Å². The molecule has 0 bridgehead atoms. The van der Waals surface area contributed by atoms with Gasteiger partial charge in [0.15, 0.2) is 0 Å². The number of nitrogens with zero attached hydrogens (tertiary/aromatic N) is 4. The molecular weight excluding hydrogens is 396 g/mol. The summed E-state index contributed by atoms with van der Waals surface area (Å²) in [4.78, 5) is 25.1. The SMILES string of the molecule is CCOc1ccc(-c2cncc(C(=O)N/N=C/c3cc(OC)cc(C(C)N)c3)n2)cn1. The molecule has 1 atom stereocenters. The Balaban J connectivity index is 1.71. The second kappa shape index (κ2) is 10.3. The van der Waals surface area contributed by atoms with Crippen LogP contribution in [0.1, 0.15) is 41.5 Å². The minimum absolute atomic E-state index is 0.130. The van der Waals surface area contributed by atoms with Gasteiger partial charge in [-0.25, -0.2) is 15.4 Å². The Morgan fingerprint density at radius 1 is 1.26 bits per heavy atom. The highest BCUT2D eigenvalue weighted by atomic mass is 16.5. The van der Waals surface area contributed by atoms with Crippen LogP contribution in [0.4, 0.5) is 0 Å². The van der Waals surface area contributed by atoms with E-state index in [1.165, 1.54) is 12.4 Å².